The van der Waals surface area contributed by atoms with Crippen molar-refractivity contribution in [2.24, 2.45) is 0 Å². The lowest BCUT2D eigenvalue weighted by Gasteiger charge is -2.20. The van der Waals surface area contributed by atoms with Gasteiger partial charge in [-0.2, -0.15) is 9.77 Å². The van der Waals surface area contributed by atoms with Crippen LogP contribution >= 0.6 is 0 Å². The Morgan fingerprint density at radius 3 is 2.67 bits per heavy atom. The predicted molar refractivity (Wildman–Crippen MR) is 67.0 cm³/mol. The summed E-state index contributed by atoms with van der Waals surface area (Å²) in [5, 5.41) is 7.31. The first kappa shape index (κ1) is 11.1. The lowest BCUT2D eigenvalue weighted by atomic mass is 9.86. The summed E-state index contributed by atoms with van der Waals surface area (Å²) in [7, 11) is 0. The SMILES string of the molecule is Nn1c(=O)[nH]c(=O)c2c(C3CCCCC3)[nH]nc21. The Bertz CT molecular complexity index is 690. The molecule has 0 atom stereocenters. The second-order valence-electron chi connectivity index (χ2n) is 4.80. The smallest absolute Gasteiger partial charge is 0.333 e. The molecule has 2 aromatic rings. The summed E-state index contributed by atoms with van der Waals surface area (Å²) in [6.07, 6.45) is 5.64. The van der Waals surface area contributed by atoms with Gasteiger partial charge in [-0.25, -0.2) is 4.79 Å². The highest BCUT2D eigenvalue weighted by Crippen LogP contribution is 2.33. The third-order valence-electron chi connectivity index (χ3n) is 3.68. The van der Waals surface area contributed by atoms with E-state index in [4.69, 9.17) is 5.84 Å². The number of fused-ring (bicyclic) bond motifs is 1. The molecule has 0 saturated heterocycles. The summed E-state index contributed by atoms with van der Waals surface area (Å²) >= 11 is 0. The molecule has 0 amide bonds. The Labute approximate surface area is 102 Å². The van der Waals surface area contributed by atoms with Crippen LogP contribution in [0.2, 0.25) is 0 Å². The molecule has 2 heterocycles. The highest BCUT2D eigenvalue weighted by molar-refractivity contribution is 5.77. The van der Waals surface area contributed by atoms with E-state index in [0.717, 1.165) is 36.1 Å². The van der Waals surface area contributed by atoms with Crippen LogP contribution in [0, 0.1) is 0 Å². The lowest BCUT2D eigenvalue weighted by Crippen LogP contribution is -2.35. The number of aromatic nitrogens is 4. The van der Waals surface area contributed by atoms with E-state index in [0.29, 0.717) is 11.3 Å². The van der Waals surface area contributed by atoms with Crippen LogP contribution < -0.4 is 17.1 Å². The fourth-order valence-electron chi connectivity index (χ4n) is 2.75. The second kappa shape index (κ2) is 4.01. The van der Waals surface area contributed by atoms with E-state index >= 15 is 0 Å². The van der Waals surface area contributed by atoms with Crippen molar-refractivity contribution in [3.05, 3.63) is 26.5 Å². The molecule has 18 heavy (non-hydrogen) atoms. The van der Waals surface area contributed by atoms with E-state index in [1.807, 2.05) is 0 Å². The zero-order valence-corrected chi connectivity index (χ0v) is 9.90. The van der Waals surface area contributed by atoms with E-state index in [9.17, 15) is 9.59 Å². The molecule has 7 nitrogen and oxygen atoms in total. The molecule has 0 bridgehead atoms. The first-order valence-corrected chi connectivity index (χ1v) is 6.17. The van der Waals surface area contributed by atoms with E-state index in [1.54, 1.807) is 0 Å². The van der Waals surface area contributed by atoms with Gasteiger partial charge < -0.3 is 5.84 Å². The molecule has 0 spiro atoms. The van der Waals surface area contributed by atoms with Gasteiger partial charge in [0, 0.05) is 5.92 Å². The average molecular weight is 249 g/mol. The third kappa shape index (κ3) is 1.54. The maximum absolute atomic E-state index is 11.9. The Hall–Kier alpha value is -2.05. The Morgan fingerprint density at radius 2 is 1.94 bits per heavy atom. The van der Waals surface area contributed by atoms with E-state index in [-0.39, 0.29) is 5.65 Å². The maximum atomic E-state index is 11.9. The minimum atomic E-state index is -0.644. The molecule has 0 unspecified atom stereocenters. The number of rotatable bonds is 1. The predicted octanol–water partition coefficient (Wildman–Crippen LogP) is 0.174. The fraction of sp³-hybridized carbons (Fsp3) is 0.545. The number of nitrogen functional groups attached to an aromatic ring is 1. The number of nitrogens with two attached hydrogens (primary N) is 1. The summed E-state index contributed by atoms with van der Waals surface area (Å²) < 4.78 is 0.875. The van der Waals surface area contributed by atoms with Gasteiger partial charge in [0.1, 0.15) is 5.39 Å². The Morgan fingerprint density at radius 1 is 1.22 bits per heavy atom. The van der Waals surface area contributed by atoms with Crippen LogP contribution in [-0.4, -0.2) is 19.9 Å². The van der Waals surface area contributed by atoms with E-state index in [2.05, 4.69) is 15.2 Å². The molecule has 0 aromatic carbocycles. The van der Waals surface area contributed by atoms with Gasteiger partial charge in [0.25, 0.3) is 5.56 Å². The number of hydrogen-bond donors (Lipinski definition) is 3. The van der Waals surface area contributed by atoms with Crippen LogP contribution in [0.25, 0.3) is 11.0 Å². The highest BCUT2D eigenvalue weighted by atomic mass is 16.2. The number of hydrogen-bond acceptors (Lipinski definition) is 4. The topological polar surface area (TPSA) is 110 Å². The molecule has 0 aliphatic heterocycles. The van der Waals surface area contributed by atoms with E-state index < -0.39 is 11.2 Å². The Balaban J connectivity index is 2.22. The molecule has 1 saturated carbocycles. The lowest BCUT2D eigenvalue weighted by molar-refractivity contribution is 0.438. The monoisotopic (exact) mass is 249 g/mol. The van der Waals surface area contributed by atoms with Gasteiger partial charge in [0.2, 0.25) is 0 Å². The molecule has 7 heteroatoms. The first-order chi connectivity index (χ1) is 8.68. The van der Waals surface area contributed by atoms with Gasteiger partial charge in [-0.05, 0) is 12.8 Å². The molecule has 4 N–H and O–H groups in total. The van der Waals surface area contributed by atoms with Crippen LogP contribution in [0.4, 0.5) is 0 Å². The van der Waals surface area contributed by atoms with Crippen molar-refractivity contribution in [2.45, 2.75) is 38.0 Å². The molecule has 1 fully saturated rings. The van der Waals surface area contributed by atoms with Gasteiger partial charge >= 0.3 is 5.69 Å². The van der Waals surface area contributed by atoms with Crippen LogP contribution in [-0.2, 0) is 0 Å². The number of H-pyrrole nitrogens is 2. The second-order valence-corrected chi connectivity index (χ2v) is 4.80. The summed E-state index contributed by atoms with van der Waals surface area (Å²) in [5.74, 6) is 5.89. The maximum Gasteiger partial charge on any atom is 0.348 e. The standard InChI is InChI=1S/C11H15N5O2/c12-16-9-7(10(17)13-11(16)18)8(14-15-9)6-4-2-1-3-5-6/h6H,1-5,12H2,(H,14,15)(H,13,17,18). The van der Waals surface area contributed by atoms with E-state index in [1.165, 1.54) is 6.42 Å². The minimum absolute atomic E-state index is 0.226. The van der Waals surface area contributed by atoms with Gasteiger partial charge in [-0.15, -0.1) is 0 Å². The van der Waals surface area contributed by atoms with Crippen molar-refractivity contribution in [3.8, 4) is 0 Å². The van der Waals surface area contributed by atoms with Gasteiger partial charge in [-0.3, -0.25) is 14.9 Å². The largest absolute Gasteiger partial charge is 0.348 e. The molecule has 3 rings (SSSR count). The van der Waals surface area contributed by atoms with Crippen LogP contribution in [0.3, 0.4) is 0 Å². The fourth-order valence-corrected chi connectivity index (χ4v) is 2.75. The molecule has 2 aromatic heterocycles. The van der Waals surface area contributed by atoms with Crippen molar-refractivity contribution < 1.29 is 0 Å². The summed E-state index contributed by atoms with van der Waals surface area (Å²) in [6, 6.07) is 0. The summed E-state index contributed by atoms with van der Waals surface area (Å²) in [4.78, 5) is 25.5. The molecule has 96 valence electrons. The summed E-state index contributed by atoms with van der Waals surface area (Å²) in [5.41, 5.74) is -0.0188. The van der Waals surface area contributed by atoms with Gasteiger partial charge in [0.05, 0.1) is 5.69 Å². The van der Waals surface area contributed by atoms with Gasteiger partial charge in [0.15, 0.2) is 5.65 Å². The van der Waals surface area contributed by atoms with Crippen LogP contribution in [0.5, 0.6) is 0 Å². The van der Waals surface area contributed by atoms with Crippen LogP contribution in [0.15, 0.2) is 9.59 Å². The molecule has 1 aliphatic rings. The number of nitrogens with one attached hydrogen (secondary N) is 2. The quantitative estimate of drug-likeness (QED) is 0.626. The van der Waals surface area contributed by atoms with Crippen molar-refractivity contribution in [2.75, 3.05) is 5.84 Å². The highest BCUT2D eigenvalue weighted by Gasteiger charge is 2.22. The van der Waals surface area contributed by atoms with Crippen LogP contribution in [0.1, 0.15) is 43.7 Å². The Kier molecular flexibility index (Phi) is 2.46. The summed E-state index contributed by atoms with van der Waals surface area (Å²) in [6.45, 7) is 0. The molecule has 1 aliphatic carbocycles. The zero-order chi connectivity index (χ0) is 12.7. The van der Waals surface area contributed by atoms with Crippen molar-refractivity contribution in [1.29, 1.82) is 0 Å². The molecular weight excluding hydrogens is 234 g/mol. The van der Waals surface area contributed by atoms with Crippen molar-refractivity contribution >= 4 is 11.0 Å². The number of aromatic amines is 2. The van der Waals surface area contributed by atoms with Crippen molar-refractivity contribution in [3.63, 3.8) is 0 Å². The zero-order valence-electron chi connectivity index (χ0n) is 9.90. The molecular formula is C11H15N5O2. The molecule has 0 radical (unpaired) electrons. The first-order valence-electron chi connectivity index (χ1n) is 6.17. The normalized spacial score (nSPS) is 17.3. The minimum Gasteiger partial charge on any atom is -0.333 e. The van der Waals surface area contributed by atoms with Crippen molar-refractivity contribution in [1.82, 2.24) is 19.9 Å². The average Bonchev–Trinajstić information content (AvgIpc) is 2.82. The third-order valence-corrected chi connectivity index (χ3v) is 3.68. The number of nitrogens with zero attached hydrogens (tertiary/aromatic N) is 2. The van der Waals surface area contributed by atoms with Gasteiger partial charge in [-0.1, -0.05) is 19.3 Å².